The number of hydrogen-bond donors (Lipinski definition) is 0. The zero-order valence-corrected chi connectivity index (χ0v) is 14.0. The molecular formula is C16H21IO2. The van der Waals surface area contributed by atoms with Crippen molar-refractivity contribution in [3.05, 3.63) is 33.4 Å². The van der Waals surface area contributed by atoms with Gasteiger partial charge in [0.25, 0.3) is 0 Å². The highest BCUT2D eigenvalue weighted by atomic mass is 127. The Bertz CT molecular complexity index is 451. The SMILES string of the molecule is CC(C)(C)OC(=O)C1(c2ccc(I)cc2)CCCC1. The maximum absolute atomic E-state index is 12.6. The van der Waals surface area contributed by atoms with E-state index in [9.17, 15) is 4.79 Å². The van der Waals surface area contributed by atoms with Crippen molar-refractivity contribution in [2.75, 3.05) is 0 Å². The fourth-order valence-electron chi connectivity index (χ4n) is 2.73. The Balaban J connectivity index is 2.33. The van der Waals surface area contributed by atoms with Gasteiger partial charge in [0, 0.05) is 3.57 Å². The minimum Gasteiger partial charge on any atom is -0.459 e. The normalized spacial score (nSPS) is 18.3. The van der Waals surface area contributed by atoms with Crippen LogP contribution in [0.1, 0.15) is 52.0 Å². The Labute approximate surface area is 129 Å². The summed E-state index contributed by atoms with van der Waals surface area (Å²) in [5.74, 6) is -0.0568. The first-order chi connectivity index (χ1) is 8.83. The van der Waals surface area contributed by atoms with Crippen molar-refractivity contribution in [3.63, 3.8) is 0 Å². The van der Waals surface area contributed by atoms with E-state index in [4.69, 9.17) is 4.74 Å². The molecule has 0 amide bonds. The maximum atomic E-state index is 12.6. The molecule has 1 aromatic carbocycles. The number of halogens is 1. The molecule has 2 rings (SSSR count). The van der Waals surface area contributed by atoms with Gasteiger partial charge in [-0.3, -0.25) is 4.79 Å². The van der Waals surface area contributed by atoms with Crippen molar-refractivity contribution in [2.45, 2.75) is 57.5 Å². The van der Waals surface area contributed by atoms with Crippen molar-refractivity contribution < 1.29 is 9.53 Å². The first kappa shape index (κ1) is 14.8. The highest BCUT2D eigenvalue weighted by Gasteiger charge is 2.45. The molecule has 1 aliphatic rings. The largest absolute Gasteiger partial charge is 0.459 e. The molecule has 1 aromatic rings. The summed E-state index contributed by atoms with van der Waals surface area (Å²) >= 11 is 2.29. The Morgan fingerprint density at radius 2 is 1.68 bits per heavy atom. The maximum Gasteiger partial charge on any atom is 0.317 e. The third-order valence-corrected chi connectivity index (χ3v) is 4.36. The summed E-state index contributed by atoms with van der Waals surface area (Å²) in [4.78, 5) is 12.6. The molecule has 3 heteroatoms. The minimum absolute atomic E-state index is 0.0568. The summed E-state index contributed by atoms with van der Waals surface area (Å²) in [7, 11) is 0. The monoisotopic (exact) mass is 372 g/mol. The summed E-state index contributed by atoms with van der Waals surface area (Å²) < 4.78 is 6.86. The van der Waals surface area contributed by atoms with Crippen LogP contribution in [-0.4, -0.2) is 11.6 Å². The fraction of sp³-hybridized carbons (Fsp3) is 0.562. The van der Waals surface area contributed by atoms with E-state index in [1.165, 1.54) is 3.57 Å². The summed E-state index contributed by atoms with van der Waals surface area (Å²) in [5.41, 5.74) is 0.271. The molecule has 0 saturated heterocycles. The van der Waals surface area contributed by atoms with Gasteiger partial charge in [-0.15, -0.1) is 0 Å². The lowest BCUT2D eigenvalue weighted by molar-refractivity contribution is -0.162. The second-order valence-corrected chi connectivity index (χ2v) is 7.54. The average Bonchev–Trinajstić information content (AvgIpc) is 2.78. The summed E-state index contributed by atoms with van der Waals surface area (Å²) in [5, 5.41) is 0. The van der Waals surface area contributed by atoms with Gasteiger partial charge in [-0.2, -0.15) is 0 Å². The van der Waals surface area contributed by atoms with Crippen LogP contribution in [0.3, 0.4) is 0 Å². The van der Waals surface area contributed by atoms with Gasteiger partial charge in [0.2, 0.25) is 0 Å². The quantitative estimate of drug-likeness (QED) is 0.567. The number of rotatable bonds is 2. The van der Waals surface area contributed by atoms with Crippen LogP contribution < -0.4 is 0 Å². The molecule has 104 valence electrons. The van der Waals surface area contributed by atoms with Crippen LogP contribution in [0.15, 0.2) is 24.3 Å². The lowest BCUT2D eigenvalue weighted by Gasteiger charge is -2.31. The van der Waals surface area contributed by atoms with E-state index in [-0.39, 0.29) is 5.97 Å². The Hall–Kier alpha value is -0.580. The van der Waals surface area contributed by atoms with Crippen LogP contribution in [-0.2, 0) is 14.9 Å². The number of benzene rings is 1. The van der Waals surface area contributed by atoms with Gasteiger partial charge in [0.1, 0.15) is 5.60 Å². The summed E-state index contributed by atoms with van der Waals surface area (Å²) in [6, 6.07) is 8.30. The first-order valence-corrected chi connectivity index (χ1v) is 7.91. The van der Waals surface area contributed by atoms with Crippen LogP contribution in [0.2, 0.25) is 0 Å². The molecule has 0 aliphatic heterocycles. The molecule has 0 atom stereocenters. The summed E-state index contributed by atoms with van der Waals surface area (Å²) in [6.07, 6.45) is 4.02. The molecule has 1 saturated carbocycles. The number of ether oxygens (including phenoxy) is 1. The summed E-state index contributed by atoms with van der Waals surface area (Å²) in [6.45, 7) is 5.80. The molecule has 0 unspecified atom stereocenters. The molecule has 0 N–H and O–H groups in total. The fourth-order valence-corrected chi connectivity index (χ4v) is 3.09. The predicted molar refractivity (Wildman–Crippen MR) is 85.2 cm³/mol. The molecular weight excluding hydrogens is 351 g/mol. The van der Waals surface area contributed by atoms with Gasteiger partial charge in [0.15, 0.2) is 0 Å². The second-order valence-electron chi connectivity index (χ2n) is 6.30. The van der Waals surface area contributed by atoms with Gasteiger partial charge >= 0.3 is 5.97 Å². The van der Waals surface area contributed by atoms with Crippen LogP contribution in [0, 0.1) is 3.57 Å². The number of carbonyl (C=O) groups excluding carboxylic acids is 1. The third kappa shape index (κ3) is 3.30. The second kappa shape index (κ2) is 5.43. The first-order valence-electron chi connectivity index (χ1n) is 6.83. The topological polar surface area (TPSA) is 26.3 Å². The van der Waals surface area contributed by atoms with Gasteiger partial charge < -0.3 is 4.74 Å². The van der Waals surface area contributed by atoms with Gasteiger partial charge in [-0.25, -0.2) is 0 Å². The smallest absolute Gasteiger partial charge is 0.317 e. The molecule has 1 aliphatic carbocycles. The Morgan fingerprint density at radius 3 is 2.16 bits per heavy atom. The molecule has 0 spiro atoms. The van der Waals surface area contributed by atoms with Crippen LogP contribution in [0.25, 0.3) is 0 Å². The van der Waals surface area contributed by atoms with Gasteiger partial charge in [0.05, 0.1) is 5.41 Å². The molecule has 19 heavy (non-hydrogen) atoms. The van der Waals surface area contributed by atoms with E-state index in [2.05, 4.69) is 46.9 Å². The van der Waals surface area contributed by atoms with E-state index in [1.807, 2.05) is 20.8 Å². The molecule has 0 bridgehead atoms. The van der Waals surface area contributed by atoms with E-state index in [0.29, 0.717) is 0 Å². The van der Waals surface area contributed by atoms with Crippen molar-refractivity contribution in [1.29, 1.82) is 0 Å². The highest BCUT2D eigenvalue weighted by molar-refractivity contribution is 14.1. The minimum atomic E-state index is -0.421. The van der Waals surface area contributed by atoms with Gasteiger partial charge in [-0.1, -0.05) is 25.0 Å². The third-order valence-electron chi connectivity index (χ3n) is 3.64. The number of carbonyl (C=O) groups is 1. The van der Waals surface area contributed by atoms with E-state index >= 15 is 0 Å². The lowest BCUT2D eigenvalue weighted by atomic mass is 9.79. The predicted octanol–water partition coefficient (Wildman–Crippen LogP) is 4.44. The van der Waals surface area contributed by atoms with Crippen molar-refractivity contribution in [1.82, 2.24) is 0 Å². The van der Waals surface area contributed by atoms with Crippen LogP contribution >= 0.6 is 22.6 Å². The average molecular weight is 372 g/mol. The van der Waals surface area contributed by atoms with Crippen molar-refractivity contribution in [2.24, 2.45) is 0 Å². The molecule has 1 fully saturated rings. The van der Waals surface area contributed by atoms with Crippen molar-refractivity contribution in [3.8, 4) is 0 Å². The Morgan fingerprint density at radius 1 is 1.16 bits per heavy atom. The van der Waals surface area contributed by atoms with E-state index in [1.54, 1.807) is 0 Å². The number of esters is 1. The van der Waals surface area contributed by atoms with Crippen LogP contribution in [0.5, 0.6) is 0 Å². The highest BCUT2D eigenvalue weighted by Crippen LogP contribution is 2.43. The standard InChI is InChI=1S/C16H21IO2/c1-15(2,3)19-14(18)16(10-4-5-11-16)12-6-8-13(17)9-7-12/h6-9H,4-5,10-11H2,1-3H3. The van der Waals surface area contributed by atoms with Crippen molar-refractivity contribution >= 4 is 28.6 Å². The van der Waals surface area contributed by atoms with Gasteiger partial charge in [-0.05, 0) is 73.9 Å². The van der Waals surface area contributed by atoms with Crippen LogP contribution in [0.4, 0.5) is 0 Å². The molecule has 0 radical (unpaired) electrons. The molecule has 2 nitrogen and oxygen atoms in total. The zero-order chi connectivity index (χ0) is 14.1. The lowest BCUT2D eigenvalue weighted by Crippen LogP contribution is -2.39. The Kier molecular flexibility index (Phi) is 4.23. The number of hydrogen-bond acceptors (Lipinski definition) is 2. The molecule has 0 aromatic heterocycles. The zero-order valence-electron chi connectivity index (χ0n) is 11.8. The van der Waals surface area contributed by atoms with E-state index in [0.717, 1.165) is 31.2 Å². The van der Waals surface area contributed by atoms with E-state index < -0.39 is 11.0 Å². The molecule has 0 heterocycles.